The van der Waals surface area contributed by atoms with Crippen molar-refractivity contribution in [2.24, 2.45) is 0 Å². The Labute approximate surface area is 100 Å². The zero-order valence-electron chi connectivity index (χ0n) is 10.5. The zero-order chi connectivity index (χ0) is 13.0. The number of hydrogen-bond donors (Lipinski definition) is 1. The Bertz CT molecular complexity index is 407. The third kappa shape index (κ3) is 3.17. The Balaban J connectivity index is 3.01. The summed E-state index contributed by atoms with van der Waals surface area (Å²) >= 11 is 0. The van der Waals surface area contributed by atoms with Crippen LogP contribution >= 0.6 is 0 Å². The van der Waals surface area contributed by atoms with Gasteiger partial charge in [-0.2, -0.15) is 0 Å². The van der Waals surface area contributed by atoms with E-state index in [1.165, 1.54) is 20.2 Å². The van der Waals surface area contributed by atoms with Gasteiger partial charge in [-0.15, -0.1) is 0 Å². The molecule has 5 heteroatoms. The van der Waals surface area contributed by atoms with Crippen LogP contribution in [-0.4, -0.2) is 25.3 Å². The minimum absolute atomic E-state index is 0.119. The highest BCUT2D eigenvalue weighted by Crippen LogP contribution is 2.26. The van der Waals surface area contributed by atoms with Crippen molar-refractivity contribution < 1.29 is 14.0 Å². The van der Waals surface area contributed by atoms with E-state index in [2.05, 4.69) is 5.32 Å². The molecule has 1 rings (SSSR count). The molecule has 0 radical (unpaired) electrons. The number of urea groups is 1. The number of para-hydroxylation sites is 1. The Kier molecular flexibility index (Phi) is 4.45. The molecule has 0 atom stereocenters. The number of amides is 2. The van der Waals surface area contributed by atoms with E-state index >= 15 is 0 Å². The van der Waals surface area contributed by atoms with E-state index in [4.69, 9.17) is 4.84 Å². The second-order valence-electron chi connectivity index (χ2n) is 3.97. The molecular formula is C12H17FN2O2. The first-order valence-electron chi connectivity index (χ1n) is 5.34. The number of rotatable bonds is 3. The maximum Gasteiger partial charge on any atom is 0.345 e. The minimum atomic E-state index is -0.514. The van der Waals surface area contributed by atoms with Crippen molar-refractivity contribution in [2.45, 2.75) is 19.8 Å². The number of benzene rings is 1. The van der Waals surface area contributed by atoms with Gasteiger partial charge in [0.05, 0.1) is 12.8 Å². The summed E-state index contributed by atoms with van der Waals surface area (Å²) < 4.78 is 13.7. The van der Waals surface area contributed by atoms with Gasteiger partial charge in [0.1, 0.15) is 5.82 Å². The monoisotopic (exact) mass is 240 g/mol. The zero-order valence-corrected chi connectivity index (χ0v) is 10.5. The highest BCUT2D eigenvalue weighted by atomic mass is 19.1. The van der Waals surface area contributed by atoms with Crippen molar-refractivity contribution in [1.82, 2.24) is 5.06 Å². The number of hydrogen-bond acceptors (Lipinski definition) is 2. The third-order valence-corrected chi connectivity index (χ3v) is 2.46. The fraction of sp³-hybridized carbons (Fsp3) is 0.417. The average molecular weight is 240 g/mol. The van der Waals surface area contributed by atoms with Gasteiger partial charge in [-0.05, 0) is 17.5 Å². The summed E-state index contributed by atoms with van der Waals surface area (Å²) in [4.78, 5) is 16.3. The average Bonchev–Trinajstić information content (AvgIpc) is 2.30. The Morgan fingerprint density at radius 1 is 1.47 bits per heavy atom. The van der Waals surface area contributed by atoms with Crippen LogP contribution < -0.4 is 5.32 Å². The third-order valence-electron chi connectivity index (χ3n) is 2.46. The summed E-state index contributed by atoms with van der Waals surface area (Å²) in [6.45, 7) is 3.87. The number of carbonyl (C=O) groups is 1. The topological polar surface area (TPSA) is 41.6 Å². The lowest BCUT2D eigenvalue weighted by Gasteiger charge is -2.18. The Morgan fingerprint density at radius 2 is 2.12 bits per heavy atom. The number of anilines is 1. The van der Waals surface area contributed by atoms with Crippen LogP contribution in [0.25, 0.3) is 0 Å². The molecule has 0 bridgehead atoms. The normalized spacial score (nSPS) is 10.5. The number of carbonyl (C=O) groups excluding carboxylic acids is 1. The predicted octanol–water partition coefficient (Wildman–Crippen LogP) is 2.97. The van der Waals surface area contributed by atoms with Crippen LogP contribution in [0.4, 0.5) is 14.9 Å². The van der Waals surface area contributed by atoms with Crippen molar-refractivity contribution >= 4 is 11.7 Å². The molecule has 0 aliphatic rings. The Morgan fingerprint density at radius 3 is 2.65 bits per heavy atom. The van der Waals surface area contributed by atoms with Gasteiger partial charge in [-0.3, -0.25) is 4.84 Å². The number of halogens is 1. The summed E-state index contributed by atoms with van der Waals surface area (Å²) in [5.41, 5.74) is 0.958. The van der Waals surface area contributed by atoms with Crippen molar-refractivity contribution in [2.75, 3.05) is 19.5 Å². The molecule has 0 saturated heterocycles. The Hall–Kier alpha value is -1.62. The van der Waals surface area contributed by atoms with Crippen LogP contribution in [0, 0.1) is 5.82 Å². The van der Waals surface area contributed by atoms with Crippen LogP contribution in [0.15, 0.2) is 18.2 Å². The molecule has 4 nitrogen and oxygen atoms in total. The highest BCUT2D eigenvalue weighted by Gasteiger charge is 2.16. The van der Waals surface area contributed by atoms with Gasteiger partial charge in [0, 0.05) is 7.05 Å². The SMILES string of the molecule is CON(C)C(=O)Nc1c(F)cccc1C(C)C. The molecule has 1 aromatic carbocycles. The highest BCUT2D eigenvalue weighted by molar-refractivity contribution is 5.89. The fourth-order valence-electron chi connectivity index (χ4n) is 1.42. The maximum atomic E-state index is 13.7. The molecule has 0 fully saturated rings. The van der Waals surface area contributed by atoms with E-state index in [0.717, 1.165) is 10.6 Å². The first kappa shape index (κ1) is 13.4. The van der Waals surface area contributed by atoms with Crippen LogP contribution in [0.2, 0.25) is 0 Å². The number of nitrogens with one attached hydrogen (secondary N) is 1. The molecule has 0 saturated carbocycles. The fourth-order valence-corrected chi connectivity index (χ4v) is 1.42. The van der Waals surface area contributed by atoms with Gasteiger partial charge in [0.25, 0.3) is 0 Å². The lowest BCUT2D eigenvalue weighted by Crippen LogP contribution is -2.31. The van der Waals surface area contributed by atoms with Crippen LogP contribution in [0.3, 0.4) is 0 Å². The summed E-state index contributed by atoms with van der Waals surface area (Å²) in [7, 11) is 2.81. The molecule has 1 aromatic rings. The van der Waals surface area contributed by atoms with Gasteiger partial charge in [0.15, 0.2) is 0 Å². The van der Waals surface area contributed by atoms with Crippen LogP contribution in [0.5, 0.6) is 0 Å². The lowest BCUT2D eigenvalue weighted by molar-refractivity contribution is -0.0598. The van der Waals surface area contributed by atoms with Crippen molar-refractivity contribution in [3.8, 4) is 0 Å². The van der Waals surface area contributed by atoms with Crippen LogP contribution in [0.1, 0.15) is 25.3 Å². The van der Waals surface area contributed by atoms with Crippen LogP contribution in [-0.2, 0) is 4.84 Å². The van der Waals surface area contributed by atoms with Gasteiger partial charge < -0.3 is 5.32 Å². The summed E-state index contributed by atoms with van der Waals surface area (Å²) in [5, 5.41) is 3.49. The van der Waals surface area contributed by atoms with E-state index in [1.54, 1.807) is 12.1 Å². The molecule has 17 heavy (non-hydrogen) atoms. The molecule has 2 amide bonds. The molecule has 0 aromatic heterocycles. The van der Waals surface area contributed by atoms with E-state index in [0.29, 0.717) is 0 Å². The van der Waals surface area contributed by atoms with Gasteiger partial charge in [-0.1, -0.05) is 26.0 Å². The smallest absolute Gasteiger partial charge is 0.303 e. The minimum Gasteiger partial charge on any atom is -0.303 e. The quantitative estimate of drug-likeness (QED) is 0.825. The molecule has 0 aliphatic carbocycles. The second-order valence-corrected chi connectivity index (χ2v) is 3.97. The first-order valence-corrected chi connectivity index (χ1v) is 5.34. The van der Waals surface area contributed by atoms with Gasteiger partial charge in [0.2, 0.25) is 0 Å². The molecule has 94 valence electrons. The predicted molar refractivity (Wildman–Crippen MR) is 64.3 cm³/mol. The summed E-state index contributed by atoms with van der Waals surface area (Å²) in [6, 6.07) is 4.21. The molecule has 0 spiro atoms. The van der Waals surface area contributed by atoms with Crippen molar-refractivity contribution in [3.05, 3.63) is 29.6 Å². The number of hydroxylamine groups is 2. The van der Waals surface area contributed by atoms with E-state index < -0.39 is 11.8 Å². The molecule has 0 aliphatic heterocycles. The standard InChI is InChI=1S/C12H17FN2O2/c1-8(2)9-6-5-7-10(13)11(9)14-12(16)15(3)17-4/h5-8H,1-4H3,(H,14,16). The molecular weight excluding hydrogens is 223 g/mol. The maximum absolute atomic E-state index is 13.7. The molecule has 0 heterocycles. The van der Waals surface area contributed by atoms with Crippen molar-refractivity contribution in [1.29, 1.82) is 0 Å². The van der Waals surface area contributed by atoms with Crippen molar-refractivity contribution in [3.63, 3.8) is 0 Å². The van der Waals surface area contributed by atoms with E-state index in [1.807, 2.05) is 13.8 Å². The van der Waals surface area contributed by atoms with E-state index in [-0.39, 0.29) is 11.6 Å². The van der Waals surface area contributed by atoms with E-state index in [9.17, 15) is 9.18 Å². The first-order chi connectivity index (χ1) is 7.97. The summed E-state index contributed by atoms with van der Waals surface area (Å²) in [6.07, 6.45) is 0. The lowest BCUT2D eigenvalue weighted by atomic mass is 10.0. The number of nitrogens with zero attached hydrogens (tertiary/aromatic N) is 1. The van der Waals surface area contributed by atoms with Gasteiger partial charge in [-0.25, -0.2) is 14.2 Å². The molecule has 1 N–H and O–H groups in total. The summed E-state index contributed by atoms with van der Waals surface area (Å²) in [5.74, 6) is -0.331. The largest absolute Gasteiger partial charge is 0.345 e. The molecule has 0 unspecified atom stereocenters. The van der Waals surface area contributed by atoms with Gasteiger partial charge >= 0.3 is 6.03 Å². The second kappa shape index (κ2) is 5.63.